The molecule has 2 aromatic rings. The lowest BCUT2D eigenvalue weighted by Gasteiger charge is -2.21. The molecule has 5 nitrogen and oxygen atoms in total. The molecule has 0 saturated heterocycles. The molecule has 0 unspecified atom stereocenters. The molecular weight excluding hydrogens is 262 g/mol. The summed E-state index contributed by atoms with van der Waals surface area (Å²) >= 11 is 0. The highest BCUT2D eigenvalue weighted by atomic mass is 15.2. The van der Waals surface area contributed by atoms with E-state index in [4.69, 9.17) is 5.73 Å². The quantitative estimate of drug-likeness (QED) is 0.798. The first kappa shape index (κ1) is 15.1. The molecule has 1 aromatic heterocycles. The van der Waals surface area contributed by atoms with Crippen molar-refractivity contribution in [3.63, 3.8) is 0 Å². The van der Waals surface area contributed by atoms with Crippen LogP contribution in [0.1, 0.15) is 26.5 Å². The fraction of sp³-hybridized carbons (Fsp3) is 0.375. The summed E-state index contributed by atoms with van der Waals surface area (Å²) in [5.74, 6) is 1.57. The third-order valence-electron chi connectivity index (χ3n) is 3.36. The van der Waals surface area contributed by atoms with Crippen molar-refractivity contribution >= 4 is 23.1 Å². The standard InChI is InChI=1S/C16H23N5/c1-4-13-11-15(21(5-2)6-3)20-16(18-13)19-14-9-7-8-12(17)10-14/h7-11H,4-6,17H2,1-3H3,(H,18,19,20). The number of nitrogens with two attached hydrogens (primary N) is 1. The van der Waals surface area contributed by atoms with Gasteiger partial charge in [0.1, 0.15) is 5.82 Å². The summed E-state index contributed by atoms with van der Waals surface area (Å²) < 4.78 is 0. The van der Waals surface area contributed by atoms with Crippen LogP contribution in [0.4, 0.5) is 23.1 Å². The molecule has 1 heterocycles. The highest BCUT2D eigenvalue weighted by Gasteiger charge is 2.09. The van der Waals surface area contributed by atoms with E-state index in [1.54, 1.807) is 0 Å². The fourth-order valence-corrected chi connectivity index (χ4v) is 2.18. The molecule has 0 spiro atoms. The number of nitrogens with one attached hydrogen (secondary N) is 1. The van der Waals surface area contributed by atoms with Gasteiger partial charge in [-0.3, -0.25) is 0 Å². The lowest BCUT2D eigenvalue weighted by atomic mass is 10.3. The van der Waals surface area contributed by atoms with E-state index in [9.17, 15) is 0 Å². The molecule has 0 atom stereocenters. The van der Waals surface area contributed by atoms with Crippen LogP contribution in [0.3, 0.4) is 0 Å². The monoisotopic (exact) mass is 285 g/mol. The number of anilines is 4. The molecule has 0 aliphatic rings. The summed E-state index contributed by atoms with van der Waals surface area (Å²) in [6.45, 7) is 8.20. The van der Waals surface area contributed by atoms with Crippen molar-refractivity contribution in [1.82, 2.24) is 9.97 Å². The van der Waals surface area contributed by atoms with Gasteiger partial charge in [-0.1, -0.05) is 13.0 Å². The molecule has 5 heteroatoms. The molecule has 0 bridgehead atoms. The number of benzene rings is 1. The van der Waals surface area contributed by atoms with Crippen molar-refractivity contribution in [2.24, 2.45) is 0 Å². The average molecular weight is 285 g/mol. The largest absolute Gasteiger partial charge is 0.399 e. The van der Waals surface area contributed by atoms with Crippen LogP contribution in [0.15, 0.2) is 30.3 Å². The summed E-state index contributed by atoms with van der Waals surface area (Å²) in [5, 5.41) is 3.23. The van der Waals surface area contributed by atoms with Crippen molar-refractivity contribution in [3.8, 4) is 0 Å². The van der Waals surface area contributed by atoms with Crippen molar-refractivity contribution < 1.29 is 0 Å². The van der Waals surface area contributed by atoms with Crippen molar-refractivity contribution in [1.29, 1.82) is 0 Å². The number of nitrogens with zero attached hydrogens (tertiary/aromatic N) is 3. The summed E-state index contributed by atoms with van der Waals surface area (Å²) in [7, 11) is 0. The average Bonchev–Trinajstić information content (AvgIpc) is 2.48. The van der Waals surface area contributed by atoms with E-state index in [0.717, 1.165) is 42.4 Å². The van der Waals surface area contributed by atoms with Gasteiger partial charge in [-0.2, -0.15) is 4.98 Å². The maximum atomic E-state index is 5.80. The third kappa shape index (κ3) is 3.84. The van der Waals surface area contributed by atoms with E-state index >= 15 is 0 Å². The van der Waals surface area contributed by atoms with Gasteiger partial charge in [0.15, 0.2) is 0 Å². The zero-order valence-corrected chi connectivity index (χ0v) is 12.9. The van der Waals surface area contributed by atoms with Gasteiger partial charge in [0.25, 0.3) is 0 Å². The van der Waals surface area contributed by atoms with Gasteiger partial charge in [0.2, 0.25) is 5.95 Å². The third-order valence-corrected chi connectivity index (χ3v) is 3.36. The molecule has 2 rings (SSSR count). The van der Waals surface area contributed by atoms with E-state index in [0.29, 0.717) is 5.95 Å². The molecule has 112 valence electrons. The van der Waals surface area contributed by atoms with E-state index in [1.165, 1.54) is 0 Å². The predicted molar refractivity (Wildman–Crippen MR) is 89.1 cm³/mol. The molecule has 0 aliphatic carbocycles. The van der Waals surface area contributed by atoms with Gasteiger partial charge in [-0.25, -0.2) is 4.98 Å². The highest BCUT2D eigenvalue weighted by Crippen LogP contribution is 2.20. The van der Waals surface area contributed by atoms with Gasteiger partial charge in [-0.05, 0) is 38.5 Å². The molecule has 0 saturated carbocycles. The van der Waals surface area contributed by atoms with Crippen LogP contribution < -0.4 is 16.0 Å². The number of rotatable bonds is 6. The van der Waals surface area contributed by atoms with Gasteiger partial charge < -0.3 is 16.0 Å². The van der Waals surface area contributed by atoms with Crippen molar-refractivity contribution in [2.75, 3.05) is 29.0 Å². The number of hydrogen-bond donors (Lipinski definition) is 2. The number of aryl methyl sites for hydroxylation is 1. The first-order chi connectivity index (χ1) is 10.2. The second-order valence-corrected chi connectivity index (χ2v) is 4.82. The predicted octanol–water partition coefficient (Wildman–Crippen LogP) is 3.21. The van der Waals surface area contributed by atoms with E-state index in [1.807, 2.05) is 24.3 Å². The minimum atomic E-state index is 0.613. The van der Waals surface area contributed by atoms with Gasteiger partial charge in [0.05, 0.1) is 0 Å². The zero-order valence-electron chi connectivity index (χ0n) is 12.9. The van der Waals surface area contributed by atoms with Crippen molar-refractivity contribution in [2.45, 2.75) is 27.2 Å². The molecule has 21 heavy (non-hydrogen) atoms. The summed E-state index contributed by atoms with van der Waals surface area (Å²) in [6.07, 6.45) is 0.877. The summed E-state index contributed by atoms with van der Waals surface area (Å²) in [5.41, 5.74) is 8.44. The molecule has 1 aromatic carbocycles. The van der Waals surface area contributed by atoms with Crippen LogP contribution in [0, 0.1) is 0 Å². The second-order valence-electron chi connectivity index (χ2n) is 4.82. The van der Waals surface area contributed by atoms with Gasteiger partial charge in [0, 0.05) is 36.2 Å². The Bertz CT molecular complexity index is 593. The lowest BCUT2D eigenvalue weighted by molar-refractivity contribution is 0.836. The highest BCUT2D eigenvalue weighted by molar-refractivity contribution is 5.60. The molecule has 0 radical (unpaired) electrons. The Balaban J connectivity index is 2.32. The molecular formula is C16H23N5. The Morgan fingerprint density at radius 1 is 1.10 bits per heavy atom. The lowest BCUT2D eigenvalue weighted by Crippen LogP contribution is -2.23. The fourth-order valence-electron chi connectivity index (χ4n) is 2.18. The SMILES string of the molecule is CCc1cc(N(CC)CC)nc(Nc2cccc(N)c2)n1. The Kier molecular flexibility index (Phi) is 4.98. The minimum absolute atomic E-state index is 0.613. The van der Waals surface area contributed by atoms with Crippen LogP contribution in [0.25, 0.3) is 0 Å². The minimum Gasteiger partial charge on any atom is -0.399 e. The Hall–Kier alpha value is -2.30. The number of hydrogen-bond acceptors (Lipinski definition) is 5. The van der Waals surface area contributed by atoms with Crippen LogP contribution >= 0.6 is 0 Å². The second kappa shape index (κ2) is 6.92. The topological polar surface area (TPSA) is 67.1 Å². The smallest absolute Gasteiger partial charge is 0.229 e. The van der Waals surface area contributed by atoms with Crippen LogP contribution in [0.5, 0.6) is 0 Å². The molecule has 0 amide bonds. The summed E-state index contributed by atoms with van der Waals surface area (Å²) in [4.78, 5) is 11.4. The van der Waals surface area contributed by atoms with Crippen LogP contribution in [0.2, 0.25) is 0 Å². The Morgan fingerprint density at radius 3 is 2.48 bits per heavy atom. The molecule has 3 N–H and O–H groups in total. The number of nitrogen functional groups attached to an aromatic ring is 1. The Labute approximate surface area is 126 Å². The summed E-state index contributed by atoms with van der Waals surface area (Å²) in [6, 6.07) is 9.65. The van der Waals surface area contributed by atoms with Crippen LogP contribution in [-0.2, 0) is 6.42 Å². The first-order valence-electron chi connectivity index (χ1n) is 7.41. The van der Waals surface area contributed by atoms with E-state index in [-0.39, 0.29) is 0 Å². The van der Waals surface area contributed by atoms with Gasteiger partial charge >= 0.3 is 0 Å². The van der Waals surface area contributed by atoms with E-state index < -0.39 is 0 Å². The van der Waals surface area contributed by atoms with Gasteiger partial charge in [-0.15, -0.1) is 0 Å². The first-order valence-corrected chi connectivity index (χ1v) is 7.41. The maximum Gasteiger partial charge on any atom is 0.229 e. The molecule has 0 fully saturated rings. The maximum absolute atomic E-state index is 5.80. The zero-order chi connectivity index (χ0) is 15.2. The number of aromatic nitrogens is 2. The molecule has 0 aliphatic heterocycles. The van der Waals surface area contributed by atoms with Crippen LogP contribution in [-0.4, -0.2) is 23.1 Å². The van der Waals surface area contributed by atoms with E-state index in [2.05, 4.69) is 47.0 Å². The normalized spacial score (nSPS) is 10.4. The van der Waals surface area contributed by atoms with Crippen molar-refractivity contribution in [3.05, 3.63) is 36.0 Å². The Morgan fingerprint density at radius 2 is 1.86 bits per heavy atom.